The van der Waals surface area contributed by atoms with Crippen molar-refractivity contribution in [2.75, 3.05) is 11.9 Å². The molecular formula is C22H23F2N3O4S. The van der Waals surface area contributed by atoms with Crippen molar-refractivity contribution in [2.45, 2.75) is 49.1 Å². The second-order valence-electron chi connectivity index (χ2n) is 8.05. The third kappa shape index (κ3) is 4.97. The fraction of sp³-hybridized carbons (Fsp3) is 0.364. The molecule has 32 heavy (non-hydrogen) atoms. The van der Waals surface area contributed by atoms with Crippen molar-refractivity contribution >= 4 is 27.5 Å². The molecule has 1 unspecified atom stereocenters. The maximum absolute atomic E-state index is 13.5. The quantitative estimate of drug-likeness (QED) is 0.689. The van der Waals surface area contributed by atoms with Crippen LogP contribution >= 0.6 is 0 Å². The summed E-state index contributed by atoms with van der Waals surface area (Å²) in [6.07, 6.45) is 3.28. The summed E-state index contributed by atoms with van der Waals surface area (Å²) in [5.74, 6) is -2.71. The lowest BCUT2D eigenvalue weighted by Gasteiger charge is -2.33. The Morgan fingerprint density at radius 3 is 2.38 bits per heavy atom. The number of rotatable bonds is 6. The number of benzene rings is 2. The number of hydrogen-bond acceptors (Lipinski definition) is 4. The van der Waals surface area contributed by atoms with Crippen LogP contribution in [0.5, 0.6) is 0 Å². The van der Waals surface area contributed by atoms with Gasteiger partial charge in [-0.1, -0.05) is 12.5 Å². The molecule has 0 aromatic heterocycles. The minimum absolute atomic E-state index is 0.0857. The van der Waals surface area contributed by atoms with E-state index in [1.807, 2.05) is 0 Å². The Hall–Kier alpha value is -2.85. The Morgan fingerprint density at radius 1 is 0.969 bits per heavy atom. The van der Waals surface area contributed by atoms with Crippen LogP contribution in [-0.4, -0.2) is 43.2 Å². The molecule has 4 rings (SSSR count). The molecule has 2 aliphatic rings. The predicted molar refractivity (Wildman–Crippen MR) is 113 cm³/mol. The van der Waals surface area contributed by atoms with E-state index in [-0.39, 0.29) is 41.1 Å². The molecule has 2 amide bonds. The first kappa shape index (κ1) is 22.3. The SMILES string of the molecule is O=C(NC1CC1)c1cccc(S(=O)(=O)N2CCCCC2C(=O)Nc2cc(F)cc(F)c2)c1. The zero-order chi connectivity index (χ0) is 22.9. The molecule has 2 aromatic carbocycles. The van der Waals surface area contributed by atoms with E-state index in [1.54, 1.807) is 0 Å². The lowest BCUT2D eigenvalue weighted by molar-refractivity contribution is -0.120. The lowest BCUT2D eigenvalue weighted by Crippen LogP contribution is -2.49. The smallest absolute Gasteiger partial charge is 0.251 e. The first-order chi connectivity index (χ1) is 15.2. The van der Waals surface area contributed by atoms with Crippen molar-refractivity contribution < 1.29 is 26.8 Å². The normalized spacial score (nSPS) is 19.4. The van der Waals surface area contributed by atoms with Crippen LogP contribution in [-0.2, 0) is 14.8 Å². The van der Waals surface area contributed by atoms with Crippen LogP contribution in [0.4, 0.5) is 14.5 Å². The number of carbonyl (C=O) groups is 2. The van der Waals surface area contributed by atoms with E-state index in [1.165, 1.54) is 24.3 Å². The van der Waals surface area contributed by atoms with Gasteiger partial charge in [0.15, 0.2) is 0 Å². The second-order valence-corrected chi connectivity index (χ2v) is 9.94. The summed E-state index contributed by atoms with van der Waals surface area (Å²) in [6, 6.07) is 7.41. The van der Waals surface area contributed by atoms with Crippen LogP contribution in [0, 0.1) is 11.6 Å². The second kappa shape index (κ2) is 8.95. The molecular weight excluding hydrogens is 440 g/mol. The molecule has 170 valence electrons. The first-order valence-corrected chi connectivity index (χ1v) is 11.9. The average Bonchev–Trinajstić information content (AvgIpc) is 3.57. The maximum Gasteiger partial charge on any atom is 0.251 e. The summed E-state index contributed by atoms with van der Waals surface area (Å²) in [6.45, 7) is 0.121. The van der Waals surface area contributed by atoms with Gasteiger partial charge in [0.2, 0.25) is 15.9 Å². The molecule has 1 aliphatic carbocycles. The Labute approximate surface area is 184 Å². The van der Waals surface area contributed by atoms with Crippen molar-refractivity contribution in [3.63, 3.8) is 0 Å². The highest BCUT2D eigenvalue weighted by Gasteiger charge is 2.38. The number of amides is 2. The Morgan fingerprint density at radius 2 is 1.69 bits per heavy atom. The third-order valence-electron chi connectivity index (χ3n) is 5.50. The van der Waals surface area contributed by atoms with E-state index in [9.17, 15) is 26.8 Å². The van der Waals surface area contributed by atoms with Crippen LogP contribution in [0.1, 0.15) is 42.5 Å². The zero-order valence-corrected chi connectivity index (χ0v) is 18.0. The van der Waals surface area contributed by atoms with Crippen molar-refractivity contribution in [1.29, 1.82) is 0 Å². The van der Waals surface area contributed by atoms with Gasteiger partial charge in [0, 0.05) is 29.9 Å². The number of nitrogens with zero attached hydrogens (tertiary/aromatic N) is 1. The van der Waals surface area contributed by atoms with Crippen molar-refractivity contribution in [1.82, 2.24) is 9.62 Å². The van der Waals surface area contributed by atoms with Gasteiger partial charge in [0.05, 0.1) is 4.90 Å². The highest BCUT2D eigenvalue weighted by molar-refractivity contribution is 7.89. The van der Waals surface area contributed by atoms with Crippen molar-refractivity contribution in [3.8, 4) is 0 Å². The van der Waals surface area contributed by atoms with Crippen LogP contribution in [0.15, 0.2) is 47.4 Å². The molecule has 1 saturated carbocycles. The van der Waals surface area contributed by atoms with Crippen LogP contribution < -0.4 is 10.6 Å². The Kier molecular flexibility index (Phi) is 6.25. The third-order valence-corrected chi connectivity index (χ3v) is 7.41. The van der Waals surface area contributed by atoms with E-state index in [4.69, 9.17) is 0 Å². The molecule has 10 heteroatoms. The molecule has 0 spiro atoms. The number of sulfonamides is 1. The fourth-order valence-electron chi connectivity index (χ4n) is 3.74. The largest absolute Gasteiger partial charge is 0.349 e. The van der Waals surface area contributed by atoms with E-state index in [2.05, 4.69) is 10.6 Å². The summed E-state index contributed by atoms with van der Waals surface area (Å²) in [4.78, 5) is 25.1. The number of piperidine rings is 1. The number of hydrogen-bond donors (Lipinski definition) is 2. The van der Waals surface area contributed by atoms with Gasteiger partial charge < -0.3 is 10.6 Å². The number of anilines is 1. The Bertz CT molecular complexity index is 1130. The lowest BCUT2D eigenvalue weighted by atomic mass is 10.0. The molecule has 1 saturated heterocycles. The molecule has 2 fully saturated rings. The minimum atomic E-state index is -4.09. The van der Waals surface area contributed by atoms with Gasteiger partial charge >= 0.3 is 0 Å². The van der Waals surface area contributed by atoms with Crippen LogP contribution in [0.25, 0.3) is 0 Å². The number of carbonyl (C=O) groups excluding carboxylic acids is 2. The molecule has 0 radical (unpaired) electrons. The van der Waals surface area contributed by atoms with Crippen LogP contribution in [0.3, 0.4) is 0 Å². The maximum atomic E-state index is 13.5. The molecule has 0 bridgehead atoms. The fourth-order valence-corrected chi connectivity index (χ4v) is 5.44. The summed E-state index contributed by atoms with van der Waals surface area (Å²) in [7, 11) is -4.09. The van der Waals surface area contributed by atoms with Gasteiger partial charge in [-0.15, -0.1) is 0 Å². The molecule has 7 nitrogen and oxygen atoms in total. The number of nitrogens with one attached hydrogen (secondary N) is 2. The van der Waals surface area contributed by atoms with Crippen LogP contribution in [0.2, 0.25) is 0 Å². The van der Waals surface area contributed by atoms with Gasteiger partial charge in [0.25, 0.3) is 5.91 Å². The standard InChI is InChI=1S/C22H23F2N3O4S/c23-15-11-16(24)13-18(12-15)26-22(29)20-6-1-2-9-27(20)32(30,31)19-5-3-4-14(10-19)21(28)25-17-7-8-17/h3-5,10-13,17,20H,1-2,6-9H2,(H,25,28)(H,26,29). The topological polar surface area (TPSA) is 95.6 Å². The molecule has 2 N–H and O–H groups in total. The summed E-state index contributed by atoms with van der Waals surface area (Å²) in [5, 5.41) is 5.23. The average molecular weight is 464 g/mol. The van der Waals surface area contributed by atoms with Gasteiger partial charge in [0.1, 0.15) is 17.7 Å². The molecule has 1 atom stereocenters. The monoisotopic (exact) mass is 463 g/mol. The highest BCUT2D eigenvalue weighted by atomic mass is 32.2. The predicted octanol–water partition coefficient (Wildman–Crippen LogP) is 3.04. The van der Waals surface area contributed by atoms with Gasteiger partial charge in [-0.25, -0.2) is 17.2 Å². The summed E-state index contributed by atoms with van der Waals surface area (Å²) < 4.78 is 54.8. The van der Waals surface area contributed by atoms with E-state index < -0.39 is 33.6 Å². The summed E-state index contributed by atoms with van der Waals surface area (Å²) in [5.41, 5.74) is 0.139. The van der Waals surface area contributed by atoms with E-state index in [0.29, 0.717) is 18.9 Å². The van der Waals surface area contributed by atoms with Gasteiger partial charge in [-0.05, 0) is 56.0 Å². The first-order valence-electron chi connectivity index (χ1n) is 10.4. The van der Waals surface area contributed by atoms with Gasteiger partial charge in [-0.3, -0.25) is 9.59 Å². The van der Waals surface area contributed by atoms with Crippen molar-refractivity contribution in [3.05, 3.63) is 59.7 Å². The highest BCUT2D eigenvalue weighted by Crippen LogP contribution is 2.27. The van der Waals surface area contributed by atoms with E-state index in [0.717, 1.165) is 29.3 Å². The molecule has 1 heterocycles. The minimum Gasteiger partial charge on any atom is -0.349 e. The Balaban J connectivity index is 1.57. The molecule has 2 aromatic rings. The van der Waals surface area contributed by atoms with Crippen molar-refractivity contribution in [2.24, 2.45) is 0 Å². The van der Waals surface area contributed by atoms with E-state index >= 15 is 0 Å². The summed E-state index contributed by atoms with van der Waals surface area (Å²) >= 11 is 0. The zero-order valence-electron chi connectivity index (χ0n) is 17.2. The number of halogens is 2. The van der Waals surface area contributed by atoms with Gasteiger partial charge in [-0.2, -0.15) is 4.31 Å². The molecule has 1 aliphatic heterocycles.